The number of benzene rings is 2. The number of aryl methyl sites for hydroxylation is 2. The molecular weight excluding hydrogens is 420 g/mol. The maximum absolute atomic E-state index is 12.9. The molecule has 1 N–H and O–H groups in total. The number of aromatic nitrogens is 5. The van der Waals surface area contributed by atoms with Crippen molar-refractivity contribution >= 4 is 22.8 Å². The number of fused-ring (bicyclic) bond motifs is 3. The highest BCUT2D eigenvalue weighted by Gasteiger charge is 2.16. The number of ether oxygens (including phenoxy) is 1. The van der Waals surface area contributed by atoms with E-state index in [0.29, 0.717) is 11.2 Å². The summed E-state index contributed by atoms with van der Waals surface area (Å²) in [5.74, 6) is 0.437. The van der Waals surface area contributed by atoms with Gasteiger partial charge in [-0.2, -0.15) is 5.10 Å². The van der Waals surface area contributed by atoms with Crippen molar-refractivity contribution in [2.75, 3.05) is 12.4 Å². The van der Waals surface area contributed by atoms with Crippen LogP contribution in [0.25, 0.3) is 22.4 Å². The second-order valence-corrected chi connectivity index (χ2v) is 7.89. The van der Waals surface area contributed by atoms with Gasteiger partial charge in [-0.1, -0.05) is 12.1 Å². The van der Waals surface area contributed by atoms with Gasteiger partial charge in [-0.25, -0.2) is 18.4 Å². The number of anilines is 1. The van der Waals surface area contributed by atoms with E-state index in [2.05, 4.69) is 15.5 Å². The van der Waals surface area contributed by atoms with Crippen LogP contribution in [0, 0.1) is 13.8 Å². The summed E-state index contributed by atoms with van der Waals surface area (Å²) in [6, 6.07) is 15.2. The largest absolute Gasteiger partial charge is 0.497 e. The van der Waals surface area contributed by atoms with Crippen molar-refractivity contribution in [3.05, 3.63) is 82.5 Å². The Hall–Kier alpha value is -4.40. The SMILES string of the molecule is COc1ccc(-c2cc3c4nn(CC(=O)Nc5cc(C)ccc5C)c(=O)n4ccn3n2)cc1. The Balaban J connectivity index is 1.48. The lowest BCUT2D eigenvalue weighted by Crippen LogP contribution is -2.28. The standard InChI is InChI=1S/C24H22N6O3/c1-15-4-5-16(2)19(12-15)25-22(31)14-30-24(32)28-10-11-29-21(23(28)27-30)13-20(26-29)17-6-8-18(33-3)9-7-17/h4-13H,14H2,1-3H3,(H,25,31). The number of hydrogen-bond donors (Lipinski definition) is 1. The van der Waals surface area contributed by atoms with Crippen molar-refractivity contribution in [2.45, 2.75) is 20.4 Å². The van der Waals surface area contributed by atoms with Gasteiger partial charge >= 0.3 is 5.69 Å². The predicted octanol–water partition coefficient (Wildman–Crippen LogP) is 3.07. The fourth-order valence-corrected chi connectivity index (χ4v) is 3.74. The molecule has 0 fully saturated rings. The second kappa shape index (κ2) is 7.94. The van der Waals surface area contributed by atoms with Gasteiger partial charge in [0.2, 0.25) is 5.91 Å². The van der Waals surface area contributed by atoms with Crippen LogP contribution in [-0.2, 0) is 11.3 Å². The molecule has 5 aromatic rings. The number of nitrogens with zero attached hydrogens (tertiary/aromatic N) is 5. The molecule has 9 nitrogen and oxygen atoms in total. The molecule has 166 valence electrons. The molecule has 0 aliphatic heterocycles. The topological polar surface area (TPSA) is 94.9 Å². The number of methoxy groups -OCH3 is 1. The van der Waals surface area contributed by atoms with Crippen molar-refractivity contribution < 1.29 is 9.53 Å². The molecule has 0 atom stereocenters. The minimum absolute atomic E-state index is 0.195. The number of rotatable bonds is 5. The Morgan fingerprint density at radius 3 is 2.58 bits per heavy atom. The predicted molar refractivity (Wildman–Crippen MR) is 125 cm³/mol. The molecule has 0 aliphatic carbocycles. The smallest absolute Gasteiger partial charge is 0.350 e. The second-order valence-electron chi connectivity index (χ2n) is 7.89. The monoisotopic (exact) mass is 442 g/mol. The average molecular weight is 442 g/mol. The Morgan fingerprint density at radius 1 is 1.03 bits per heavy atom. The molecule has 0 radical (unpaired) electrons. The van der Waals surface area contributed by atoms with Crippen molar-refractivity contribution in [1.82, 2.24) is 23.8 Å². The zero-order valence-electron chi connectivity index (χ0n) is 18.4. The summed E-state index contributed by atoms with van der Waals surface area (Å²) in [5.41, 5.74) is 5.05. The molecule has 3 aromatic heterocycles. The van der Waals surface area contributed by atoms with E-state index in [1.54, 1.807) is 24.0 Å². The van der Waals surface area contributed by atoms with Gasteiger partial charge in [0.25, 0.3) is 0 Å². The molecule has 3 heterocycles. The van der Waals surface area contributed by atoms with Gasteiger partial charge in [0, 0.05) is 23.6 Å². The summed E-state index contributed by atoms with van der Waals surface area (Å²) in [7, 11) is 1.62. The third-order valence-electron chi connectivity index (χ3n) is 5.54. The summed E-state index contributed by atoms with van der Waals surface area (Å²) in [6.07, 6.45) is 3.29. The van der Waals surface area contributed by atoms with Crippen LogP contribution in [0.15, 0.2) is 65.7 Å². The molecule has 0 unspecified atom stereocenters. The molecule has 0 bridgehead atoms. The van der Waals surface area contributed by atoms with Crippen molar-refractivity contribution in [3.63, 3.8) is 0 Å². The van der Waals surface area contributed by atoms with Gasteiger partial charge in [0.1, 0.15) is 17.8 Å². The number of nitrogens with one attached hydrogen (secondary N) is 1. The quantitative estimate of drug-likeness (QED) is 0.451. The van der Waals surface area contributed by atoms with E-state index < -0.39 is 5.69 Å². The minimum atomic E-state index is -0.393. The maximum atomic E-state index is 12.9. The highest BCUT2D eigenvalue weighted by atomic mass is 16.5. The number of carbonyl (C=O) groups is 1. The lowest BCUT2D eigenvalue weighted by molar-refractivity contribution is -0.117. The summed E-state index contributed by atoms with van der Waals surface area (Å²) in [4.78, 5) is 25.5. The molecule has 5 rings (SSSR count). The van der Waals surface area contributed by atoms with Crippen LogP contribution in [0.5, 0.6) is 5.75 Å². The molecule has 0 spiro atoms. The molecule has 0 saturated heterocycles. The lowest BCUT2D eigenvalue weighted by Gasteiger charge is -2.08. The van der Waals surface area contributed by atoms with Crippen molar-refractivity contribution in [2.24, 2.45) is 0 Å². The molecule has 0 aliphatic rings. The first-order valence-corrected chi connectivity index (χ1v) is 10.4. The van der Waals surface area contributed by atoms with Crippen LogP contribution in [-0.4, -0.2) is 36.8 Å². The Kier molecular flexibility index (Phi) is 4.93. The van der Waals surface area contributed by atoms with E-state index in [0.717, 1.165) is 38.5 Å². The fourth-order valence-electron chi connectivity index (χ4n) is 3.74. The van der Waals surface area contributed by atoms with Crippen LogP contribution in [0.2, 0.25) is 0 Å². The highest BCUT2D eigenvalue weighted by molar-refractivity contribution is 5.91. The van der Waals surface area contributed by atoms with E-state index in [4.69, 9.17) is 4.74 Å². The molecule has 33 heavy (non-hydrogen) atoms. The van der Waals surface area contributed by atoms with Gasteiger partial charge in [-0.05, 0) is 61.4 Å². The van der Waals surface area contributed by atoms with Crippen LogP contribution in [0.3, 0.4) is 0 Å². The van der Waals surface area contributed by atoms with Crippen LogP contribution in [0.1, 0.15) is 11.1 Å². The van der Waals surface area contributed by atoms with Gasteiger partial charge in [0.15, 0.2) is 5.65 Å². The highest BCUT2D eigenvalue weighted by Crippen LogP contribution is 2.23. The number of amides is 1. The van der Waals surface area contributed by atoms with E-state index in [1.807, 2.05) is 62.4 Å². The molecule has 2 aromatic carbocycles. The zero-order chi connectivity index (χ0) is 23.1. The van der Waals surface area contributed by atoms with E-state index in [1.165, 1.54) is 4.40 Å². The maximum Gasteiger partial charge on any atom is 0.350 e. The van der Waals surface area contributed by atoms with E-state index in [9.17, 15) is 9.59 Å². The van der Waals surface area contributed by atoms with Crippen molar-refractivity contribution in [3.8, 4) is 17.0 Å². The Bertz CT molecular complexity index is 1560. The van der Waals surface area contributed by atoms with Crippen molar-refractivity contribution in [1.29, 1.82) is 0 Å². The Morgan fingerprint density at radius 2 is 1.82 bits per heavy atom. The zero-order valence-corrected chi connectivity index (χ0v) is 18.4. The number of hydrogen-bond acceptors (Lipinski definition) is 5. The number of carbonyl (C=O) groups excluding carboxylic acids is 1. The normalized spacial score (nSPS) is 11.2. The Labute approximate surface area is 188 Å². The summed E-state index contributed by atoms with van der Waals surface area (Å²) in [6.45, 7) is 3.68. The molecule has 1 amide bonds. The van der Waals surface area contributed by atoms with E-state index >= 15 is 0 Å². The third kappa shape index (κ3) is 3.73. The minimum Gasteiger partial charge on any atom is -0.497 e. The molecule has 9 heteroatoms. The molecular formula is C24H22N6O3. The summed E-state index contributed by atoms with van der Waals surface area (Å²) >= 11 is 0. The van der Waals surface area contributed by atoms with Crippen LogP contribution in [0.4, 0.5) is 5.69 Å². The molecule has 0 saturated carbocycles. The van der Waals surface area contributed by atoms with Crippen LogP contribution < -0.4 is 15.7 Å². The van der Waals surface area contributed by atoms with Gasteiger partial charge in [0.05, 0.1) is 12.8 Å². The van der Waals surface area contributed by atoms with Gasteiger partial charge in [-0.3, -0.25) is 4.79 Å². The lowest BCUT2D eigenvalue weighted by atomic mass is 10.1. The van der Waals surface area contributed by atoms with Gasteiger partial charge in [-0.15, -0.1) is 5.10 Å². The summed E-state index contributed by atoms with van der Waals surface area (Å²) < 4.78 is 9.46. The van der Waals surface area contributed by atoms with Crippen LogP contribution >= 0.6 is 0 Å². The third-order valence-corrected chi connectivity index (χ3v) is 5.54. The summed E-state index contributed by atoms with van der Waals surface area (Å²) in [5, 5.41) is 11.9. The van der Waals surface area contributed by atoms with Gasteiger partial charge < -0.3 is 10.1 Å². The first-order valence-electron chi connectivity index (χ1n) is 10.4. The van der Waals surface area contributed by atoms with E-state index in [-0.39, 0.29) is 12.5 Å². The fraction of sp³-hybridized carbons (Fsp3) is 0.167. The first kappa shape index (κ1) is 20.5. The average Bonchev–Trinajstić information content (AvgIpc) is 3.38. The first-order chi connectivity index (χ1) is 15.9.